The maximum absolute atomic E-state index is 8.31. The minimum atomic E-state index is 0.780. The molecule has 1 aliphatic rings. The van der Waals surface area contributed by atoms with Crippen LogP contribution in [0.3, 0.4) is 0 Å². The van der Waals surface area contributed by atoms with Crippen LogP contribution in [0.25, 0.3) is 5.57 Å². The number of hydrogen-bond acceptors (Lipinski definition) is 1. The molecule has 0 saturated carbocycles. The summed E-state index contributed by atoms with van der Waals surface area (Å²) in [7, 11) is 0. The molecule has 1 nitrogen and oxygen atoms in total. The maximum Gasteiger partial charge on any atom is 0.0392 e. The largest absolute Gasteiger partial charge is 0.305 e. The molecule has 0 spiro atoms. The number of benzene rings is 1. The Balaban J connectivity index is 2.33. The van der Waals surface area contributed by atoms with Crippen molar-refractivity contribution in [3.05, 3.63) is 52.6 Å². The van der Waals surface area contributed by atoms with E-state index in [2.05, 4.69) is 45.0 Å². The van der Waals surface area contributed by atoms with Crippen molar-refractivity contribution in [1.29, 1.82) is 5.41 Å². The normalized spacial score (nSPS) is 14.8. The zero-order valence-corrected chi connectivity index (χ0v) is 12.2. The summed E-state index contributed by atoms with van der Waals surface area (Å²) >= 11 is 0. The van der Waals surface area contributed by atoms with Crippen molar-refractivity contribution in [2.45, 2.75) is 46.5 Å². The maximum atomic E-state index is 8.31. The van der Waals surface area contributed by atoms with E-state index in [0.717, 1.165) is 37.0 Å². The third-order valence-electron chi connectivity index (χ3n) is 3.75. The van der Waals surface area contributed by atoms with E-state index in [1.54, 1.807) is 0 Å². The molecule has 0 saturated heterocycles. The van der Waals surface area contributed by atoms with Gasteiger partial charge in [0.25, 0.3) is 0 Å². The fourth-order valence-electron chi connectivity index (χ4n) is 2.73. The molecule has 1 aliphatic carbocycles. The van der Waals surface area contributed by atoms with Crippen LogP contribution in [0.4, 0.5) is 0 Å². The Hall–Kier alpha value is -1.63. The number of rotatable bonds is 5. The van der Waals surface area contributed by atoms with E-state index < -0.39 is 0 Å². The number of nitrogens with one attached hydrogen (secondary N) is 1. The second-order valence-electron chi connectivity index (χ2n) is 5.46. The molecule has 0 aromatic heterocycles. The highest BCUT2D eigenvalue weighted by molar-refractivity contribution is 6.03. The molecule has 0 unspecified atom stereocenters. The predicted octanol–water partition coefficient (Wildman–Crippen LogP) is 5.37. The van der Waals surface area contributed by atoms with E-state index >= 15 is 0 Å². The van der Waals surface area contributed by atoms with Gasteiger partial charge in [-0.15, -0.1) is 0 Å². The van der Waals surface area contributed by atoms with Crippen LogP contribution in [0.1, 0.15) is 57.6 Å². The molecule has 19 heavy (non-hydrogen) atoms. The quantitative estimate of drug-likeness (QED) is 0.682. The van der Waals surface area contributed by atoms with Crippen LogP contribution in [0.15, 0.2) is 41.5 Å². The molecule has 0 aliphatic heterocycles. The van der Waals surface area contributed by atoms with Gasteiger partial charge in [-0.3, -0.25) is 0 Å². The van der Waals surface area contributed by atoms with Crippen LogP contribution in [-0.4, -0.2) is 5.71 Å². The first kappa shape index (κ1) is 13.8. The topological polar surface area (TPSA) is 23.9 Å². The molecular weight excluding hydrogens is 230 g/mol. The first-order valence-electron chi connectivity index (χ1n) is 7.17. The van der Waals surface area contributed by atoms with Gasteiger partial charge in [0.1, 0.15) is 0 Å². The third-order valence-corrected chi connectivity index (χ3v) is 3.75. The Kier molecular flexibility index (Phi) is 4.36. The van der Waals surface area contributed by atoms with Gasteiger partial charge < -0.3 is 5.41 Å². The Morgan fingerprint density at radius 1 is 1.21 bits per heavy atom. The molecule has 0 bridgehead atoms. The first-order chi connectivity index (χ1) is 9.13. The Labute approximate surface area is 116 Å². The molecule has 1 aromatic carbocycles. The standard InChI is InChI=1S/C18H23N/c1-4-5-10-18(19)16-9-7-6-8-15(16)17-12-13(2)11-14(17)3/h6-9,11,19H,4-5,10,12H2,1-3H3. The molecule has 0 amide bonds. The van der Waals surface area contributed by atoms with Crippen molar-refractivity contribution in [3.8, 4) is 0 Å². The summed E-state index contributed by atoms with van der Waals surface area (Å²) in [5.74, 6) is 0. The molecule has 2 rings (SSSR count). The zero-order chi connectivity index (χ0) is 13.8. The molecule has 0 fully saturated rings. The molecule has 1 N–H and O–H groups in total. The van der Waals surface area contributed by atoms with Gasteiger partial charge in [-0.1, -0.05) is 49.3 Å². The van der Waals surface area contributed by atoms with E-state index in [9.17, 15) is 0 Å². The highest BCUT2D eigenvalue weighted by Gasteiger charge is 2.16. The summed E-state index contributed by atoms with van der Waals surface area (Å²) in [4.78, 5) is 0. The lowest BCUT2D eigenvalue weighted by Gasteiger charge is -2.13. The predicted molar refractivity (Wildman–Crippen MR) is 83.8 cm³/mol. The van der Waals surface area contributed by atoms with Crippen molar-refractivity contribution in [3.63, 3.8) is 0 Å². The molecule has 100 valence electrons. The average molecular weight is 253 g/mol. The van der Waals surface area contributed by atoms with Crippen molar-refractivity contribution >= 4 is 11.3 Å². The van der Waals surface area contributed by atoms with Gasteiger partial charge in [0.2, 0.25) is 0 Å². The monoisotopic (exact) mass is 253 g/mol. The summed E-state index contributed by atoms with van der Waals surface area (Å²) in [5.41, 5.74) is 7.33. The van der Waals surface area contributed by atoms with Gasteiger partial charge in [-0.2, -0.15) is 0 Å². The van der Waals surface area contributed by atoms with Gasteiger partial charge >= 0.3 is 0 Å². The average Bonchev–Trinajstić information content (AvgIpc) is 2.75. The van der Waals surface area contributed by atoms with Gasteiger partial charge in [0.05, 0.1) is 0 Å². The van der Waals surface area contributed by atoms with Crippen LogP contribution in [0.5, 0.6) is 0 Å². The minimum absolute atomic E-state index is 0.780. The van der Waals surface area contributed by atoms with Gasteiger partial charge in [-0.25, -0.2) is 0 Å². The summed E-state index contributed by atoms with van der Waals surface area (Å²) in [6, 6.07) is 8.40. The van der Waals surface area contributed by atoms with Gasteiger partial charge in [-0.05, 0) is 49.8 Å². The Bertz CT molecular complexity index is 547. The molecule has 0 atom stereocenters. The van der Waals surface area contributed by atoms with E-state index in [0.29, 0.717) is 0 Å². The van der Waals surface area contributed by atoms with Crippen LogP contribution in [0, 0.1) is 5.41 Å². The fourth-order valence-corrected chi connectivity index (χ4v) is 2.73. The van der Waals surface area contributed by atoms with Gasteiger partial charge in [0.15, 0.2) is 0 Å². The van der Waals surface area contributed by atoms with Crippen molar-refractivity contribution in [1.82, 2.24) is 0 Å². The summed E-state index contributed by atoms with van der Waals surface area (Å²) < 4.78 is 0. The van der Waals surface area contributed by atoms with Crippen molar-refractivity contribution in [2.75, 3.05) is 0 Å². The van der Waals surface area contributed by atoms with E-state index in [1.165, 1.54) is 22.3 Å². The SMILES string of the molecule is CCCCC(=N)c1ccccc1C1=C(C)C=C(C)C1. The highest BCUT2D eigenvalue weighted by atomic mass is 14.4. The number of hydrogen-bond donors (Lipinski definition) is 1. The summed E-state index contributed by atoms with van der Waals surface area (Å²) in [6.07, 6.45) is 6.42. The molecule has 1 heteroatoms. The Morgan fingerprint density at radius 3 is 2.58 bits per heavy atom. The molecular formula is C18H23N. The lowest BCUT2D eigenvalue weighted by molar-refractivity contribution is 0.832. The zero-order valence-electron chi connectivity index (χ0n) is 12.2. The fraction of sp³-hybridized carbons (Fsp3) is 0.389. The summed E-state index contributed by atoms with van der Waals surface area (Å²) in [6.45, 7) is 6.54. The smallest absolute Gasteiger partial charge is 0.0392 e. The van der Waals surface area contributed by atoms with E-state index in [1.807, 2.05) is 6.07 Å². The number of unbranched alkanes of at least 4 members (excludes halogenated alkanes) is 1. The first-order valence-corrected chi connectivity index (χ1v) is 7.17. The Morgan fingerprint density at radius 2 is 1.95 bits per heavy atom. The third kappa shape index (κ3) is 3.04. The second-order valence-corrected chi connectivity index (χ2v) is 5.46. The summed E-state index contributed by atoms with van der Waals surface area (Å²) in [5, 5.41) is 8.31. The van der Waals surface area contributed by atoms with Crippen LogP contribution < -0.4 is 0 Å². The van der Waals surface area contributed by atoms with Crippen LogP contribution >= 0.6 is 0 Å². The lowest BCUT2D eigenvalue weighted by atomic mass is 9.92. The van der Waals surface area contributed by atoms with Crippen molar-refractivity contribution < 1.29 is 0 Å². The molecule has 0 radical (unpaired) electrons. The van der Waals surface area contributed by atoms with E-state index in [-0.39, 0.29) is 0 Å². The van der Waals surface area contributed by atoms with Crippen LogP contribution in [-0.2, 0) is 0 Å². The van der Waals surface area contributed by atoms with Gasteiger partial charge in [0, 0.05) is 11.3 Å². The number of allylic oxidation sites excluding steroid dienone is 4. The highest BCUT2D eigenvalue weighted by Crippen LogP contribution is 2.34. The van der Waals surface area contributed by atoms with Crippen molar-refractivity contribution in [2.24, 2.45) is 0 Å². The second kappa shape index (κ2) is 6.01. The van der Waals surface area contributed by atoms with E-state index in [4.69, 9.17) is 5.41 Å². The molecule has 0 heterocycles. The lowest BCUT2D eigenvalue weighted by Crippen LogP contribution is -2.03. The molecule has 1 aromatic rings. The van der Waals surface area contributed by atoms with Crippen LogP contribution in [0.2, 0.25) is 0 Å². The minimum Gasteiger partial charge on any atom is -0.305 e.